The Morgan fingerprint density at radius 1 is 1.58 bits per heavy atom. The van der Waals surface area contributed by atoms with Crippen LogP contribution in [0.5, 0.6) is 0 Å². The summed E-state index contributed by atoms with van der Waals surface area (Å²) in [5, 5.41) is 18.3. The van der Waals surface area contributed by atoms with Crippen LogP contribution in [0, 0.1) is 0 Å². The maximum atomic E-state index is 11.4. The number of nitrogens with zero attached hydrogens (tertiary/aromatic N) is 3. The molecule has 1 atom stereocenters. The number of pyridine rings is 1. The third kappa shape index (κ3) is 3.88. The first-order valence-electron chi connectivity index (χ1n) is 5.36. The zero-order valence-corrected chi connectivity index (χ0v) is 10.5. The average Bonchev–Trinajstić information content (AvgIpc) is 2.70. The van der Waals surface area contributed by atoms with Crippen molar-refractivity contribution in [3.63, 3.8) is 0 Å². The summed E-state index contributed by atoms with van der Waals surface area (Å²) in [6, 6.07) is 5.36. The highest BCUT2D eigenvalue weighted by Crippen LogP contribution is 2.22. The summed E-state index contributed by atoms with van der Waals surface area (Å²) in [4.78, 5) is 26.0. The molecule has 0 aliphatic carbocycles. The van der Waals surface area contributed by atoms with Gasteiger partial charge in [0.1, 0.15) is 5.25 Å². The molecule has 2 heterocycles. The van der Waals surface area contributed by atoms with Crippen LogP contribution in [0.3, 0.4) is 0 Å². The monoisotopic (exact) mass is 278 g/mol. The molecule has 0 saturated carbocycles. The van der Waals surface area contributed by atoms with E-state index in [1.54, 1.807) is 18.3 Å². The van der Waals surface area contributed by atoms with Gasteiger partial charge in [0.2, 0.25) is 5.91 Å². The number of carboxylic acid groups (broad SMARTS) is 1. The third-order valence-electron chi connectivity index (χ3n) is 2.16. The summed E-state index contributed by atoms with van der Waals surface area (Å²) < 4.78 is 0. The van der Waals surface area contributed by atoms with Gasteiger partial charge in [-0.2, -0.15) is 5.10 Å². The average molecular weight is 278 g/mol. The van der Waals surface area contributed by atoms with E-state index in [1.807, 2.05) is 6.07 Å². The van der Waals surface area contributed by atoms with E-state index in [2.05, 4.69) is 20.5 Å². The van der Waals surface area contributed by atoms with Crippen LogP contribution in [0.1, 0.15) is 12.1 Å². The van der Waals surface area contributed by atoms with Crippen molar-refractivity contribution in [2.75, 3.05) is 0 Å². The number of amides is 1. The predicted octanol–water partition coefficient (Wildman–Crippen LogP) is 0.478. The Balaban J connectivity index is 1.96. The van der Waals surface area contributed by atoms with E-state index in [1.165, 1.54) is 6.21 Å². The molecule has 1 amide bonds. The quantitative estimate of drug-likeness (QED) is 0.615. The fourth-order valence-corrected chi connectivity index (χ4v) is 2.25. The lowest BCUT2D eigenvalue weighted by Gasteiger charge is -1.97. The number of aliphatic carboxylic acids is 1. The molecule has 98 valence electrons. The molecule has 1 aromatic rings. The molecule has 1 fully saturated rings. The van der Waals surface area contributed by atoms with E-state index >= 15 is 0 Å². The Morgan fingerprint density at radius 2 is 2.42 bits per heavy atom. The van der Waals surface area contributed by atoms with Crippen LogP contribution in [0.4, 0.5) is 0 Å². The summed E-state index contributed by atoms with van der Waals surface area (Å²) in [6.45, 7) is 0. The first-order chi connectivity index (χ1) is 9.15. The normalized spacial score (nSPS) is 20.9. The van der Waals surface area contributed by atoms with E-state index in [-0.39, 0.29) is 12.3 Å². The van der Waals surface area contributed by atoms with Crippen molar-refractivity contribution >= 4 is 35.0 Å². The number of rotatable bonds is 4. The number of aromatic nitrogens is 1. The second-order valence-electron chi connectivity index (χ2n) is 3.60. The van der Waals surface area contributed by atoms with Gasteiger partial charge in [0, 0.05) is 6.20 Å². The zero-order chi connectivity index (χ0) is 13.7. The number of carbonyl (C=O) groups is 2. The van der Waals surface area contributed by atoms with E-state index in [0.29, 0.717) is 10.9 Å². The highest BCUT2D eigenvalue weighted by atomic mass is 32.2. The van der Waals surface area contributed by atoms with Crippen molar-refractivity contribution in [2.45, 2.75) is 11.7 Å². The van der Waals surface area contributed by atoms with E-state index < -0.39 is 11.2 Å². The van der Waals surface area contributed by atoms with Crippen molar-refractivity contribution in [3.8, 4) is 0 Å². The fraction of sp³-hybridized carbons (Fsp3) is 0.182. The Labute approximate surface area is 112 Å². The summed E-state index contributed by atoms with van der Waals surface area (Å²) in [5.74, 6) is -1.38. The second-order valence-corrected chi connectivity index (χ2v) is 4.79. The zero-order valence-electron chi connectivity index (χ0n) is 9.68. The Bertz CT molecular complexity index is 544. The fourth-order valence-electron chi connectivity index (χ4n) is 1.34. The molecular formula is C11H10N4O3S. The van der Waals surface area contributed by atoms with E-state index in [4.69, 9.17) is 5.11 Å². The van der Waals surface area contributed by atoms with Crippen LogP contribution in [0.25, 0.3) is 0 Å². The van der Waals surface area contributed by atoms with Gasteiger partial charge >= 0.3 is 5.97 Å². The lowest BCUT2D eigenvalue weighted by molar-refractivity contribution is -0.138. The van der Waals surface area contributed by atoms with Gasteiger partial charge in [-0.1, -0.05) is 17.8 Å². The van der Waals surface area contributed by atoms with E-state index in [9.17, 15) is 9.59 Å². The number of carboxylic acids is 1. The Kier molecular flexibility index (Phi) is 4.24. The van der Waals surface area contributed by atoms with E-state index in [0.717, 1.165) is 11.8 Å². The van der Waals surface area contributed by atoms with Crippen LogP contribution in [-0.4, -0.2) is 38.6 Å². The number of hydrogen-bond donors (Lipinski definition) is 2. The molecule has 1 aliphatic heterocycles. The summed E-state index contributed by atoms with van der Waals surface area (Å²) >= 11 is 1.06. The summed E-state index contributed by atoms with van der Waals surface area (Å²) in [6.07, 6.45) is 2.84. The van der Waals surface area contributed by atoms with Gasteiger partial charge in [0.25, 0.3) is 0 Å². The highest BCUT2D eigenvalue weighted by molar-refractivity contribution is 8.15. The molecule has 1 aliphatic rings. The standard InChI is InChI=1S/C11H10N4O3S/c16-9(17)5-8-10(18)14-11(19-8)15-13-6-7-3-1-2-4-12-7/h1-4,6,8H,5H2,(H,16,17)(H,14,15,18). The lowest BCUT2D eigenvalue weighted by Crippen LogP contribution is -2.26. The van der Waals surface area contributed by atoms with Gasteiger partial charge in [-0.15, -0.1) is 5.10 Å². The third-order valence-corrected chi connectivity index (χ3v) is 3.24. The van der Waals surface area contributed by atoms with Crippen LogP contribution in [0.15, 0.2) is 34.6 Å². The Morgan fingerprint density at radius 3 is 3.11 bits per heavy atom. The molecule has 8 heteroatoms. The number of amidine groups is 1. The lowest BCUT2D eigenvalue weighted by atomic mass is 10.3. The first kappa shape index (κ1) is 13.2. The predicted molar refractivity (Wildman–Crippen MR) is 71.0 cm³/mol. The van der Waals surface area contributed by atoms with Crippen molar-refractivity contribution in [1.29, 1.82) is 0 Å². The van der Waals surface area contributed by atoms with Gasteiger partial charge in [-0.05, 0) is 12.1 Å². The molecule has 0 bridgehead atoms. The molecule has 0 aromatic carbocycles. The molecule has 1 aromatic heterocycles. The molecular weight excluding hydrogens is 268 g/mol. The van der Waals surface area contributed by atoms with Crippen LogP contribution in [0.2, 0.25) is 0 Å². The molecule has 7 nitrogen and oxygen atoms in total. The minimum Gasteiger partial charge on any atom is -0.481 e. The number of thioether (sulfide) groups is 1. The molecule has 0 spiro atoms. The number of hydrogen-bond acceptors (Lipinski definition) is 6. The Hall–Kier alpha value is -2.22. The smallest absolute Gasteiger partial charge is 0.305 e. The number of nitrogens with one attached hydrogen (secondary N) is 1. The number of carbonyl (C=O) groups excluding carboxylic acids is 1. The summed E-state index contributed by atoms with van der Waals surface area (Å²) in [5.41, 5.74) is 0.642. The maximum absolute atomic E-state index is 11.4. The minimum atomic E-state index is -1.02. The topological polar surface area (TPSA) is 104 Å². The largest absolute Gasteiger partial charge is 0.481 e. The second kappa shape index (κ2) is 6.10. The maximum Gasteiger partial charge on any atom is 0.305 e. The molecule has 1 unspecified atom stereocenters. The van der Waals surface area contributed by atoms with Gasteiger partial charge in [-0.3, -0.25) is 14.6 Å². The molecule has 2 N–H and O–H groups in total. The molecule has 0 radical (unpaired) electrons. The van der Waals surface area contributed by atoms with Crippen LogP contribution >= 0.6 is 11.8 Å². The van der Waals surface area contributed by atoms with Gasteiger partial charge in [0.05, 0.1) is 18.3 Å². The molecule has 1 saturated heterocycles. The van der Waals surface area contributed by atoms with Crippen molar-refractivity contribution in [3.05, 3.63) is 30.1 Å². The molecule has 19 heavy (non-hydrogen) atoms. The first-order valence-corrected chi connectivity index (χ1v) is 6.24. The van der Waals surface area contributed by atoms with Gasteiger partial charge < -0.3 is 10.4 Å². The van der Waals surface area contributed by atoms with Crippen LogP contribution < -0.4 is 5.32 Å². The summed E-state index contributed by atoms with van der Waals surface area (Å²) in [7, 11) is 0. The van der Waals surface area contributed by atoms with Crippen molar-refractivity contribution in [2.24, 2.45) is 10.2 Å². The minimum absolute atomic E-state index is 0.237. The van der Waals surface area contributed by atoms with Gasteiger partial charge in [0.15, 0.2) is 5.17 Å². The molecule has 2 rings (SSSR count). The highest BCUT2D eigenvalue weighted by Gasteiger charge is 2.32. The van der Waals surface area contributed by atoms with Crippen molar-refractivity contribution in [1.82, 2.24) is 10.3 Å². The van der Waals surface area contributed by atoms with Crippen LogP contribution in [-0.2, 0) is 9.59 Å². The van der Waals surface area contributed by atoms with Crippen molar-refractivity contribution < 1.29 is 14.7 Å². The SMILES string of the molecule is O=C(O)CC1S/C(=N/N=Cc2ccccn2)NC1=O. The van der Waals surface area contributed by atoms with Gasteiger partial charge in [-0.25, -0.2) is 0 Å².